The van der Waals surface area contributed by atoms with Crippen molar-refractivity contribution >= 4 is 94.4 Å². The predicted molar refractivity (Wildman–Crippen MR) is 246 cm³/mol. The van der Waals surface area contributed by atoms with E-state index in [9.17, 15) is 0 Å². The molecule has 0 radical (unpaired) electrons. The molecule has 0 aliphatic carbocycles. The summed E-state index contributed by atoms with van der Waals surface area (Å²) >= 11 is 0. The molecule has 9 aromatic carbocycles. The lowest BCUT2D eigenvalue weighted by Gasteiger charge is -2.34. The van der Waals surface area contributed by atoms with E-state index in [1.54, 1.807) is 0 Å². The normalized spacial score (nSPS) is 12.1. The topological polar surface area (TPSA) is 23.0 Å². The molecular formula is C54H36N2OSi. The molecule has 0 saturated carbocycles. The maximum atomic E-state index is 6.61. The Labute approximate surface area is 336 Å². The lowest BCUT2D eigenvalue weighted by atomic mass is 10.1. The Bertz CT molecular complexity index is 3450. The van der Waals surface area contributed by atoms with Crippen LogP contribution in [0.2, 0.25) is 0 Å². The summed E-state index contributed by atoms with van der Waals surface area (Å²) < 4.78 is 11.4. The largest absolute Gasteiger partial charge is 0.455 e. The van der Waals surface area contributed by atoms with E-state index in [1.807, 2.05) is 6.07 Å². The molecule has 0 fully saturated rings. The molecule has 12 rings (SSSR count). The second kappa shape index (κ2) is 12.8. The van der Waals surface area contributed by atoms with Gasteiger partial charge in [-0.25, -0.2) is 0 Å². The average molecular weight is 757 g/mol. The summed E-state index contributed by atoms with van der Waals surface area (Å²) in [5, 5.41) is 12.5. The van der Waals surface area contributed by atoms with E-state index in [2.05, 4.69) is 221 Å². The van der Waals surface area contributed by atoms with Gasteiger partial charge in [-0.3, -0.25) is 0 Å². The van der Waals surface area contributed by atoms with Gasteiger partial charge in [0.2, 0.25) is 0 Å². The van der Waals surface area contributed by atoms with Crippen molar-refractivity contribution < 1.29 is 4.42 Å². The van der Waals surface area contributed by atoms with Crippen molar-refractivity contribution in [2.45, 2.75) is 0 Å². The highest BCUT2D eigenvalue weighted by molar-refractivity contribution is 7.20. The van der Waals surface area contributed by atoms with Crippen LogP contribution in [0.15, 0.2) is 223 Å². The smallest absolute Gasteiger partial charge is 0.179 e. The van der Waals surface area contributed by atoms with Crippen molar-refractivity contribution in [2.24, 2.45) is 0 Å². The maximum absolute atomic E-state index is 6.61. The molecular weight excluding hydrogens is 721 g/mol. The number of hydrogen-bond acceptors (Lipinski definition) is 1. The molecule has 3 nitrogen and oxygen atoms in total. The SMILES string of the molecule is c1ccc(-n2c3ccccc3c3cc([Si](c4ccccc4)(c4ccccc4)c4ccc(-n5c6ccccc6c6c7oc8ccccc8c7ccc65)cc4)ccc32)cc1. The fraction of sp³-hybridized carbons (Fsp3) is 0. The van der Waals surface area contributed by atoms with Crippen LogP contribution in [0.3, 0.4) is 0 Å². The maximum Gasteiger partial charge on any atom is 0.179 e. The lowest BCUT2D eigenvalue weighted by molar-refractivity contribution is 0.673. The van der Waals surface area contributed by atoms with E-state index in [0.29, 0.717) is 0 Å². The Morgan fingerprint density at radius 2 is 0.793 bits per heavy atom. The first-order chi connectivity index (χ1) is 28.8. The van der Waals surface area contributed by atoms with Crippen molar-refractivity contribution in [3.8, 4) is 11.4 Å². The van der Waals surface area contributed by atoms with Gasteiger partial charge in [-0.1, -0.05) is 158 Å². The summed E-state index contributed by atoms with van der Waals surface area (Å²) in [6.45, 7) is 0. The molecule has 3 heterocycles. The van der Waals surface area contributed by atoms with Crippen LogP contribution in [0.1, 0.15) is 0 Å². The third-order valence-electron chi connectivity index (χ3n) is 12.3. The molecule has 272 valence electrons. The Morgan fingerprint density at radius 3 is 1.50 bits per heavy atom. The second-order valence-corrected chi connectivity index (χ2v) is 19.0. The van der Waals surface area contributed by atoms with Gasteiger partial charge >= 0.3 is 0 Å². The van der Waals surface area contributed by atoms with Crippen molar-refractivity contribution in [2.75, 3.05) is 0 Å². The molecule has 0 amide bonds. The highest BCUT2D eigenvalue weighted by atomic mass is 28.3. The van der Waals surface area contributed by atoms with Crippen LogP contribution in [0, 0.1) is 0 Å². The van der Waals surface area contributed by atoms with E-state index in [-0.39, 0.29) is 0 Å². The van der Waals surface area contributed by atoms with Crippen LogP contribution >= 0.6 is 0 Å². The highest BCUT2D eigenvalue weighted by Gasteiger charge is 2.42. The van der Waals surface area contributed by atoms with Crippen molar-refractivity contribution in [1.29, 1.82) is 0 Å². The van der Waals surface area contributed by atoms with Gasteiger partial charge in [0.15, 0.2) is 8.07 Å². The minimum absolute atomic E-state index is 0.914. The second-order valence-electron chi connectivity index (χ2n) is 15.2. The molecule has 0 aliphatic heterocycles. The Hall–Kier alpha value is -7.40. The van der Waals surface area contributed by atoms with Crippen molar-refractivity contribution in [1.82, 2.24) is 9.13 Å². The summed E-state index contributed by atoms with van der Waals surface area (Å²) in [5.41, 5.74) is 8.85. The minimum Gasteiger partial charge on any atom is -0.455 e. The van der Waals surface area contributed by atoms with Crippen LogP contribution in [0.4, 0.5) is 0 Å². The monoisotopic (exact) mass is 756 g/mol. The standard InChI is InChI=1S/C54H36N2OSi/c1-4-16-37(17-5-1)55-48-25-13-10-22-43(48)47-36-42(32-34-50(47)55)58(39-18-6-2-7-19-39,40-20-8-3-9-21-40)41-30-28-38(29-31-41)56-49-26-14-11-24-46(49)53-51(56)35-33-45-44-23-12-15-27-52(44)57-54(45)53/h1-36H. The molecule has 4 heteroatoms. The molecule has 0 N–H and O–H groups in total. The number of para-hydroxylation sites is 4. The first-order valence-corrected chi connectivity index (χ1v) is 21.9. The van der Waals surface area contributed by atoms with Crippen LogP contribution in [0.5, 0.6) is 0 Å². The van der Waals surface area contributed by atoms with Crippen molar-refractivity contribution in [3.05, 3.63) is 218 Å². The van der Waals surface area contributed by atoms with Crippen LogP contribution < -0.4 is 20.7 Å². The molecule has 3 aromatic heterocycles. The zero-order valence-electron chi connectivity index (χ0n) is 31.6. The fourth-order valence-electron chi connectivity index (χ4n) is 9.81. The van der Waals surface area contributed by atoms with E-state index < -0.39 is 8.07 Å². The van der Waals surface area contributed by atoms with Crippen LogP contribution in [-0.2, 0) is 0 Å². The van der Waals surface area contributed by atoms with Crippen LogP contribution in [0.25, 0.3) is 76.9 Å². The number of furan rings is 1. The molecule has 58 heavy (non-hydrogen) atoms. The van der Waals surface area contributed by atoms with Gasteiger partial charge in [0.05, 0.1) is 27.5 Å². The summed E-state index contributed by atoms with van der Waals surface area (Å²) in [5.74, 6) is 0. The third kappa shape index (κ3) is 4.67. The van der Waals surface area contributed by atoms with E-state index in [0.717, 1.165) is 49.7 Å². The van der Waals surface area contributed by atoms with E-state index in [4.69, 9.17) is 4.42 Å². The Balaban J connectivity index is 1.11. The van der Waals surface area contributed by atoms with Gasteiger partial charge in [-0.05, 0) is 81.4 Å². The quantitative estimate of drug-likeness (QED) is 0.122. The summed E-state index contributed by atoms with van der Waals surface area (Å²) in [7, 11) is -2.88. The fourth-order valence-corrected chi connectivity index (χ4v) is 14.6. The van der Waals surface area contributed by atoms with E-state index in [1.165, 1.54) is 47.9 Å². The van der Waals surface area contributed by atoms with Crippen LogP contribution in [-0.4, -0.2) is 17.2 Å². The number of benzene rings is 9. The molecule has 0 unspecified atom stereocenters. The zero-order chi connectivity index (χ0) is 38.2. The molecule has 0 saturated heterocycles. The first-order valence-electron chi connectivity index (χ1n) is 19.9. The molecule has 12 aromatic rings. The highest BCUT2D eigenvalue weighted by Crippen LogP contribution is 2.40. The van der Waals surface area contributed by atoms with Gasteiger partial charge in [-0.15, -0.1) is 0 Å². The Morgan fingerprint density at radius 1 is 0.310 bits per heavy atom. The molecule has 0 atom stereocenters. The zero-order valence-corrected chi connectivity index (χ0v) is 32.6. The van der Waals surface area contributed by atoms with E-state index >= 15 is 0 Å². The van der Waals surface area contributed by atoms with Gasteiger partial charge in [0.25, 0.3) is 0 Å². The number of hydrogen-bond donors (Lipinski definition) is 0. The number of fused-ring (bicyclic) bond motifs is 10. The first kappa shape index (κ1) is 32.8. The molecule has 0 aliphatic rings. The molecule has 0 bridgehead atoms. The Kier molecular flexibility index (Phi) is 7.25. The predicted octanol–water partition coefficient (Wildman–Crippen LogP) is 11.2. The van der Waals surface area contributed by atoms with Gasteiger partial charge in [-0.2, -0.15) is 0 Å². The lowest BCUT2D eigenvalue weighted by Crippen LogP contribution is -2.74. The van der Waals surface area contributed by atoms with Gasteiger partial charge in [0, 0.05) is 38.3 Å². The summed E-state index contributed by atoms with van der Waals surface area (Å²) in [4.78, 5) is 0. The summed E-state index contributed by atoms with van der Waals surface area (Å²) in [6.07, 6.45) is 0. The minimum atomic E-state index is -2.88. The average Bonchev–Trinajstić information content (AvgIpc) is 3.96. The van der Waals surface area contributed by atoms with Gasteiger partial charge < -0.3 is 13.6 Å². The molecule has 0 spiro atoms. The van der Waals surface area contributed by atoms with Crippen molar-refractivity contribution in [3.63, 3.8) is 0 Å². The van der Waals surface area contributed by atoms with Gasteiger partial charge in [0.1, 0.15) is 11.2 Å². The summed E-state index contributed by atoms with van der Waals surface area (Å²) in [6, 6.07) is 80.3. The number of aromatic nitrogens is 2. The third-order valence-corrected chi connectivity index (χ3v) is 17.0. The number of rotatable bonds is 6. The number of nitrogens with zero attached hydrogens (tertiary/aromatic N) is 2.